The van der Waals surface area contributed by atoms with Gasteiger partial charge in [-0.25, -0.2) is 9.78 Å². The summed E-state index contributed by atoms with van der Waals surface area (Å²) in [6.45, 7) is 3.11. The van der Waals surface area contributed by atoms with Gasteiger partial charge in [0.2, 0.25) is 0 Å². The van der Waals surface area contributed by atoms with E-state index in [0.717, 1.165) is 42.2 Å². The molecule has 27 heavy (non-hydrogen) atoms. The minimum atomic E-state index is -0.167. The van der Waals surface area contributed by atoms with Crippen LogP contribution in [0.2, 0.25) is 0 Å². The number of piperidine rings is 1. The highest BCUT2D eigenvalue weighted by Crippen LogP contribution is 2.23. The van der Waals surface area contributed by atoms with Crippen LogP contribution in [0, 0.1) is 0 Å². The molecule has 3 heterocycles. The molecule has 0 aliphatic carbocycles. The second kappa shape index (κ2) is 8.29. The molecule has 4 rings (SSSR count). The first-order chi connectivity index (χ1) is 13.3. The topological polar surface area (TPSA) is 66.5 Å². The Kier molecular flexibility index (Phi) is 5.42. The van der Waals surface area contributed by atoms with Gasteiger partial charge in [0, 0.05) is 25.8 Å². The normalized spacial score (nSPS) is 19.0. The standard InChI is InChI=1S/C21H26N4O2/c26-21(24-18-13-17-6-2-3-7-19(17)27-15-18)23-14-16-8-9-22-20(12-16)25-10-4-1-5-11-25/h2-3,6-9,12,18H,1,4-5,10-11,13-15H2,(H2,23,24,26). The number of carbonyl (C=O) groups is 1. The number of nitrogens with zero attached hydrogens (tertiary/aromatic N) is 2. The minimum Gasteiger partial charge on any atom is -0.491 e. The van der Waals surface area contributed by atoms with Crippen molar-refractivity contribution in [3.8, 4) is 5.75 Å². The van der Waals surface area contributed by atoms with Crippen molar-refractivity contribution < 1.29 is 9.53 Å². The quantitative estimate of drug-likeness (QED) is 0.873. The van der Waals surface area contributed by atoms with Crippen LogP contribution >= 0.6 is 0 Å². The average Bonchev–Trinajstić information content (AvgIpc) is 2.73. The molecule has 0 saturated carbocycles. The van der Waals surface area contributed by atoms with E-state index < -0.39 is 0 Å². The second-order valence-electron chi connectivity index (χ2n) is 7.22. The number of pyridine rings is 1. The smallest absolute Gasteiger partial charge is 0.315 e. The molecule has 1 atom stereocenters. The molecule has 1 fully saturated rings. The predicted molar refractivity (Wildman–Crippen MR) is 105 cm³/mol. The Bertz CT molecular complexity index is 789. The number of urea groups is 1. The Hall–Kier alpha value is -2.76. The molecule has 1 aromatic carbocycles. The van der Waals surface area contributed by atoms with Crippen LogP contribution in [0.1, 0.15) is 30.4 Å². The Balaban J connectivity index is 1.28. The summed E-state index contributed by atoms with van der Waals surface area (Å²) in [6, 6.07) is 11.8. The minimum absolute atomic E-state index is 0.0127. The van der Waals surface area contributed by atoms with Gasteiger partial charge in [0.15, 0.2) is 0 Å². The summed E-state index contributed by atoms with van der Waals surface area (Å²) >= 11 is 0. The highest BCUT2D eigenvalue weighted by atomic mass is 16.5. The van der Waals surface area contributed by atoms with Crippen LogP contribution in [0.25, 0.3) is 0 Å². The molecule has 1 unspecified atom stereocenters. The first-order valence-corrected chi connectivity index (χ1v) is 9.73. The molecule has 6 nitrogen and oxygen atoms in total. The van der Waals surface area contributed by atoms with Crippen molar-refractivity contribution >= 4 is 11.8 Å². The fourth-order valence-corrected chi connectivity index (χ4v) is 3.71. The van der Waals surface area contributed by atoms with Crippen LogP contribution in [0.15, 0.2) is 42.6 Å². The summed E-state index contributed by atoms with van der Waals surface area (Å²) in [6.07, 6.45) is 6.36. The number of rotatable bonds is 4. The number of carbonyl (C=O) groups excluding carboxylic acids is 1. The Morgan fingerprint density at radius 1 is 1.19 bits per heavy atom. The number of ether oxygens (including phenoxy) is 1. The van der Waals surface area contributed by atoms with E-state index in [1.54, 1.807) is 0 Å². The molecule has 0 spiro atoms. The molecule has 0 bridgehead atoms. The average molecular weight is 366 g/mol. The number of hydrogen-bond donors (Lipinski definition) is 2. The maximum atomic E-state index is 12.3. The molecule has 2 aliphatic rings. The summed E-state index contributed by atoms with van der Waals surface area (Å²) in [4.78, 5) is 19.1. The SMILES string of the molecule is O=C(NCc1ccnc(N2CCCCC2)c1)NC1COc2ccccc2C1. The predicted octanol–water partition coefficient (Wildman–Crippen LogP) is 2.87. The van der Waals surface area contributed by atoms with E-state index in [1.807, 2.05) is 36.5 Å². The van der Waals surface area contributed by atoms with Gasteiger partial charge in [0.05, 0.1) is 6.04 Å². The first-order valence-electron chi connectivity index (χ1n) is 9.73. The Labute approximate surface area is 159 Å². The van der Waals surface area contributed by atoms with Crippen LogP contribution in [-0.4, -0.2) is 36.8 Å². The lowest BCUT2D eigenvalue weighted by Gasteiger charge is -2.28. The van der Waals surface area contributed by atoms with E-state index in [-0.39, 0.29) is 12.1 Å². The zero-order chi connectivity index (χ0) is 18.5. The van der Waals surface area contributed by atoms with E-state index in [1.165, 1.54) is 19.3 Å². The number of fused-ring (bicyclic) bond motifs is 1. The van der Waals surface area contributed by atoms with Crippen molar-refractivity contribution in [3.05, 3.63) is 53.7 Å². The van der Waals surface area contributed by atoms with Crippen molar-refractivity contribution in [3.63, 3.8) is 0 Å². The molecule has 142 valence electrons. The number of anilines is 1. The lowest BCUT2D eigenvalue weighted by atomic mass is 10.0. The fourth-order valence-electron chi connectivity index (χ4n) is 3.71. The molecule has 0 radical (unpaired) electrons. The van der Waals surface area contributed by atoms with Crippen LogP contribution in [0.3, 0.4) is 0 Å². The summed E-state index contributed by atoms with van der Waals surface area (Å²) in [5, 5.41) is 5.96. The Morgan fingerprint density at radius 2 is 2.04 bits per heavy atom. The van der Waals surface area contributed by atoms with Crippen molar-refractivity contribution in [1.29, 1.82) is 0 Å². The van der Waals surface area contributed by atoms with Gasteiger partial charge in [-0.05, 0) is 55.0 Å². The summed E-state index contributed by atoms with van der Waals surface area (Å²) in [5.74, 6) is 1.92. The number of benzene rings is 1. The Morgan fingerprint density at radius 3 is 2.93 bits per heavy atom. The third kappa shape index (κ3) is 4.51. The number of aromatic nitrogens is 1. The number of para-hydroxylation sites is 1. The molecule has 2 aromatic rings. The molecule has 1 aromatic heterocycles. The molecular formula is C21H26N4O2. The second-order valence-corrected chi connectivity index (χ2v) is 7.22. The third-order valence-corrected chi connectivity index (χ3v) is 5.16. The summed E-state index contributed by atoms with van der Waals surface area (Å²) in [7, 11) is 0. The van der Waals surface area contributed by atoms with Crippen LogP contribution in [0.5, 0.6) is 5.75 Å². The molecule has 2 amide bonds. The highest BCUT2D eigenvalue weighted by molar-refractivity contribution is 5.74. The van der Waals surface area contributed by atoms with Gasteiger partial charge in [0.1, 0.15) is 18.2 Å². The van der Waals surface area contributed by atoms with Crippen molar-refractivity contribution in [2.45, 2.75) is 38.3 Å². The van der Waals surface area contributed by atoms with Crippen LogP contribution in [-0.2, 0) is 13.0 Å². The van der Waals surface area contributed by atoms with Crippen LogP contribution in [0.4, 0.5) is 10.6 Å². The monoisotopic (exact) mass is 366 g/mol. The van der Waals surface area contributed by atoms with E-state index in [2.05, 4.69) is 26.6 Å². The number of amides is 2. The highest BCUT2D eigenvalue weighted by Gasteiger charge is 2.21. The molecule has 2 aliphatic heterocycles. The molecule has 1 saturated heterocycles. The van der Waals surface area contributed by atoms with Gasteiger partial charge < -0.3 is 20.3 Å². The van der Waals surface area contributed by atoms with Gasteiger partial charge in [-0.2, -0.15) is 0 Å². The first kappa shape index (κ1) is 17.6. The third-order valence-electron chi connectivity index (χ3n) is 5.16. The van der Waals surface area contributed by atoms with E-state index in [0.29, 0.717) is 13.2 Å². The van der Waals surface area contributed by atoms with Crippen LogP contribution < -0.4 is 20.3 Å². The summed E-state index contributed by atoms with van der Waals surface area (Å²) < 4.78 is 5.73. The van der Waals surface area contributed by atoms with E-state index in [4.69, 9.17) is 4.74 Å². The van der Waals surface area contributed by atoms with E-state index >= 15 is 0 Å². The van der Waals surface area contributed by atoms with Gasteiger partial charge in [-0.3, -0.25) is 0 Å². The lowest BCUT2D eigenvalue weighted by Crippen LogP contribution is -2.47. The van der Waals surface area contributed by atoms with Gasteiger partial charge in [0.25, 0.3) is 0 Å². The summed E-state index contributed by atoms with van der Waals surface area (Å²) in [5.41, 5.74) is 2.19. The number of hydrogen-bond acceptors (Lipinski definition) is 4. The molecular weight excluding hydrogens is 340 g/mol. The zero-order valence-electron chi connectivity index (χ0n) is 15.5. The molecule has 6 heteroatoms. The van der Waals surface area contributed by atoms with Gasteiger partial charge in [-0.1, -0.05) is 18.2 Å². The van der Waals surface area contributed by atoms with Crippen molar-refractivity contribution in [1.82, 2.24) is 15.6 Å². The van der Waals surface area contributed by atoms with E-state index in [9.17, 15) is 4.79 Å². The largest absolute Gasteiger partial charge is 0.491 e. The fraction of sp³-hybridized carbons (Fsp3) is 0.429. The maximum Gasteiger partial charge on any atom is 0.315 e. The maximum absolute atomic E-state index is 12.3. The van der Waals surface area contributed by atoms with Crippen molar-refractivity contribution in [2.75, 3.05) is 24.6 Å². The van der Waals surface area contributed by atoms with Gasteiger partial charge in [-0.15, -0.1) is 0 Å². The number of nitrogens with one attached hydrogen (secondary N) is 2. The van der Waals surface area contributed by atoms with Gasteiger partial charge >= 0.3 is 6.03 Å². The lowest BCUT2D eigenvalue weighted by molar-refractivity contribution is 0.214. The molecule has 2 N–H and O–H groups in total. The van der Waals surface area contributed by atoms with Crippen molar-refractivity contribution in [2.24, 2.45) is 0 Å². The zero-order valence-corrected chi connectivity index (χ0v) is 15.5.